The van der Waals surface area contributed by atoms with E-state index in [9.17, 15) is 13.8 Å². The van der Waals surface area contributed by atoms with E-state index in [1.165, 1.54) is 6.20 Å². The van der Waals surface area contributed by atoms with E-state index in [0.29, 0.717) is 37.7 Å². The number of amides is 2. The number of hydrogen-bond acceptors (Lipinski definition) is 7. The van der Waals surface area contributed by atoms with Gasteiger partial charge in [-0.15, -0.1) is 0 Å². The van der Waals surface area contributed by atoms with Crippen molar-refractivity contribution in [3.05, 3.63) is 68.5 Å². The van der Waals surface area contributed by atoms with Gasteiger partial charge < -0.3 is 10.6 Å². The molecule has 11 heteroatoms. The maximum atomic E-state index is 12.6. The number of ketones is 1. The van der Waals surface area contributed by atoms with Gasteiger partial charge in [0.2, 0.25) is 5.78 Å². The topological polar surface area (TPSA) is 113 Å². The molecule has 0 fully saturated rings. The van der Waals surface area contributed by atoms with Crippen LogP contribution in [0.5, 0.6) is 0 Å². The summed E-state index contributed by atoms with van der Waals surface area (Å²) in [5, 5.41) is 5.57. The van der Waals surface area contributed by atoms with Gasteiger partial charge in [-0.05, 0) is 36.8 Å². The zero-order valence-electron chi connectivity index (χ0n) is 16.1. The molecule has 0 saturated carbocycles. The summed E-state index contributed by atoms with van der Waals surface area (Å²) in [5.74, 6) is -0.204. The number of anilines is 2. The van der Waals surface area contributed by atoms with Crippen molar-refractivity contribution in [2.45, 2.75) is 6.42 Å². The third-order valence-electron chi connectivity index (χ3n) is 4.37. The monoisotopic (exact) mass is 473 g/mol. The highest BCUT2D eigenvalue weighted by molar-refractivity contribution is 8.19. The zero-order chi connectivity index (χ0) is 22.0. The number of nitrogens with zero attached hydrogens (tertiary/aromatic N) is 2. The van der Waals surface area contributed by atoms with E-state index >= 15 is 0 Å². The number of hydrogen-bond donors (Lipinski definition) is 3. The highest BCUT2D eigenvalue weighted by atomic mass is 35.5. The van der Waals surface area contributed by atoms with Crippen LogP contribution in [0, 0.1) is 0 Å². The number of benzene rings is 1. The minimum atomic E-state index is -1.72. The molecule has 0 radical (unpaired) electrons. The minimum absolute atomic E-state index is 0.204. The first-order valence-corrected chi connectivity index (χ1v) is 11.4. The number of fused-ring (bicyclic) bond motifs is 1. The predicted molar refractivity (Wildman–Crippen MR) is 125 cm³/mol. The Hall–Kier alpha value is -2.95. The Morgan fingerprint density at radius 1 is 1.19 bits per heavy atom. The van der Waals surface area contributed by atoms with Crippen molar-refractivity contribution >= 4 is 68.9 Å². The van der Waals surface area contributed by atoms with E-state index in [-0.39, 0.29) is 11.5 Å². The highest BCUT2D eigenvalue weighted by Crippen LogP contribution is 2.34. The first-order valence-electron chi connectivity index (χ1n) is 9.09. The van der Waals surface area contributed by atoms with Gasteiger partial charge in [0.25, 0.3) is 0 Å². The van der Waals surface area contributed by atoms with E-state index in [1.54, 1.807) is 43.5 Å². The maximum absolute atomic E-state index is 12.6. The number of allylic oxidation sites excluding steroid dienone is 2. The average molecular weight is 474 g/mol. The average Bonchev–Trinajstić information content (AvgIpc) is 3.10. The summed E-state index contributed by atoms with van der Waals surface area (Å²) in [6, 6.07) is 7.87. The standard InChI is InChI=1S/C20H16ClN5O3S2/c1-22-11-5-7-13-15(9-11)25-18(19(13)27)14-8-6-12(10-23-14)24-20(28)26-31(29)17-4-2-3-16(21)30-17/h3-10,22H,2H2,1H3,(H2,24,26,28). The molecule has 158 valence electrons. The van der Waals surface area contributed by atoms with Crippen molar-refractivity contribution in [3.63, 3.8) is 0 Å². The van der Waals surface area contributed by atoms with Gasteiger partial charge in [-0.3, -0.25) is 14.5 Å². The Morgan fingerprint density at radius 2 is 2.00 bits per heavy atom. The van der Waals surface area contributed by atoms with E-state index in [4.69, 9.17) is 11.6 Å². The summed E-state index contributed by atoms with van der Waals surface area (Å²) in [7, 11) is 0.0708. The predicted octanol–water partition coefficient (Wildman–Crippen LogP) is 4.28. The molecule has 8 nitrogen and oxygen atoms in total. The molecule has 1 atom stereocenters. The number of rotatable bonds is 5. The second-order valence-electron chi connectivity index (χ2n) is 6.40. The minimum Gasteiger partial charge on any atom is -0.388 e. The van der Waals surface area contributed by atoms with Gasteiger partial charge >= 0.3 is 6.03 Å². The number of nitrogens with one attached hydrogen (secondary N) is 3. The molecule has 0 aliphatic carbocycles. The van der Waals surface area contributed by atoms with Gasteiger partial charge in [-0.1, -0.05) is 35.5 Å². The molecular weight excluding hydrogens is 458 g/mol. The smallest absolute Gasteiger partial charge is 0.331 e. The van der Waals surface area contributed by atoms with Crippen molar-refractivity contribution in [1.29, 1.82) is 0 Å². The molecule has 31 heavy (non-hydrogen) atoms. The van der Waals surface area contributed by atoms with Gasteiger partial charge in [-0.25, -0.2) is 14.0 Å². The molecule has 3 heterocycles. The lowest BCUT2D eigenvalue weighted by Crippen LogP contribution is -2.30. The fourth-order valence-corrected chi connectivity index (χ4v) is 5.18. The van der Waals surface area contributed by atoms with Crippen molar-refractivity contribution in [2.75, 3.05) is 17.7 Å². The molecule has 0 saturated heterocycles. The number of halogens is 1. The highest BCUT2D eigenvalue weighted by Gasteiger charge is 2.27. The molecule has 0 spiro atoms. The second kappa shape index (κ2) is 9.04. The zero-order valence-corrected chi connectivity index (χ0v) is 18.5. The number of urea groups is 1. The van der Waals surface area contributed by atoms with Gasteiger partial charge in [-0.2, -0.15) is 0 Å². The molecule has 2 amide bonds. The van der Waals surface area contributed by atoms with Crippen LogP contribution in [0.3, 0.4) is 0 Å². The molecule has 2 aliphatic rings. The first-order chi connectivity index (χ1) is 14.9. The largest absolute Gasteiger partial charge is 0.388 e. The number of carbonyl (C=O) groups excluding carboxylic acids is 2. The quantitative estimate of drug-likeness (QED) is 0.597. The second-order valence-corrected chi connectivity index (χ2v) is 9.55. The van der Waals surface area contributed by atoms with E-state index in [1.807, 2.05) is 6.07 Å². The molecule has 2 aliphatic heterocycles. The van der Waals surface area contributed by atoms with Crippen LogP contribution >= 0.6 is 23.4 Å². The van der Waals surface area contributed by atoms with Crippen molar-refractivity contribution in [3.8, 4) is 0 Å². The Bertz CT molecular complexity index is 1190. The Balaban J connectivity index is 1.41. The van der Waals surface area contributed by atoms with Crippen molar-refractivity contribution < 1.29 is 13.8 Å². The normalized spacial score (nSPS) is 15.9. The summed E-state index contributed by atoms with van der Waals surface area (Å²) in [6.07, 6.45) is 5.49. The van der Waals surface area contributed by atoms with E-state index < -0.39 is 17.0 Å². The number of Topliss-reactive ketones (excluding diaryl/α,β-unsaturated/α-hetero) is 1. The van der Waals surface area contributed by atoms with Crippen molar-refractivity contribution in [2.24, 2.45) is 4.99 Å². The summed E-state index contributed by atoms with van der Waals surface area (Å²) in [4.78, 5) is 33.4. The molecule has 1 aromatic heterocycles. The van der Waals surface area contributed by atoms with Crippen molar-refractivity contribution in [1.82, 2.24) is 9.71 Å². The lowest BCUT2D eigenvalue weighted by molar-refractivity contribution is 0.107. The number of aliphatic imine (C=N–C) groups is 1. The third kappa shape index (κ3) is 4.71. The summed E-state index contributed by atoms with van der Waals surface area (Å²) >= 11 is 7.06. The van der Waals surface area contributed by atoms with Gasteiger partial charge in [0.1, 0.15) is 5.71 Å². The summed E-state index contributed by atoms with van der Waals surface area (Å²) in [6.45, 7) is 0. The van der Waals surface area contributed by atoms with Crippen LogP contribution in [-0.2, 0) is 11.0 Å². The molecule has 0 bridgehead atoms. The fourth-order valence-electron chi connectivity index (χ4n) is 2.88. The van der Waals surface area contributed by atoms with Gasteiger partial charge in [0.15, 0.2) is 11.0 Å². The van der Waals surface area contributed by atoms with Gasteiger partial charge in [0, 0.05) is 12.7 Å². The SMILES string of the molecule is CNc1ccc2c(c1)N=C(c1ccc(NC(=O)NS(=O)C3=CCC=C(Cl)S3)cn1)C2=O. The van der Waals surface area contributed by atoms with Crippen LogP contribution in [0.2, 0.25) is 0 Å². The Labute approximate surface area is 189 Å². The Morgan fingerprint density at radius 3 is 2.71 bits per heavy atom. The van der Waals surface area contributed by atoms with Crippen LogP contribution in [0.4, 0.5) is 21.9 Å². The summed E-state index contributed by atoms with van der Waals surface area (Å²) in [5.41, 5.74) is 2.97. The van der Waals surface area contributed by atoms with Crippen LogP contribution in [0.1, 0.15) is 22.5 Å². The number of pyridine rings is 1. The van der Waals surface area contributed by atoms with Crippen LogP contribution in [0.25, 0.3) is 0 Å². The van der Waals surface area contributed by atoms with E-state index in [0.717, 1.165) is 17.4 Å². The van der Waals surface area contributed by atoms with Crippen LogP contribution in [0.15, 0.2) is 62.3 Å². The Kier molecular flexibility index (Phi) is 6.21. The lowest BCUT2D eigenvalue weighted by Gasteiger charge is -2.11. The lowest BCUT2D eigenvalue weighted by atomic mass is 10.1. The van der Waals surface area contributed by atoms with Gasteiger partial charge in [0.05, 0.1) is 37.4 Å². The third-order valence-corrected chi connectivity index (χ3v) is 7.09. The molecular formula is C20H16ClN5O3S2. The number of aromatic nitrogens is 1. The number of carbonyl (C=O) groups is 2. The first kappa shape index (κ1) is 21.3. The molecule has 1 unspecified atom stereocenters. The van der Waals surface area contributed by atoms with E-state index in [2.05, 4.69) is 25.3 Å². The van der Waals surface area contributed by atoms with Crippen LogP contribution in [-0.4, -0.2) is 33.8 Å². The molecule has 3 N–H and O–H groups in total. The van der Waals surface area contributed by atoms with Crippen LogP contribution < -0.4 is 15.4 Å². The maximum Gasteiger partial charge on any atom is 0.331 e. The molecule has 2 aromatic rings. The number of thioether (sulfide) groups is 1. The molecule has 1 aromatic carbocycles. The fraction of sp³-hybridized carbons (Fsp3) is 0.100. The summed E-state index contributed by atoms with van der Waals surface area (Å²) < 4.78 is 15.6. The molecule has 4 rings (SSSR count).